The average molecular weight is 225 g/mol. The van der Waals surface area contributed by atoms with E-state index >= 15 is 0 Å². The van der Waals surface area contributed by atoms with Crippen LogP contribution >= 0.6 is 0 Å². The summed E-state index contributed by atoms with van der Waals surface area (Å²) in [6.45, 7) is 5.74. The Labute approximate surface area is 98.1 Å². The van der Waals surface area contributed by atoms with Crippen molar-refractivity contribution in [3.63, 3.8) is 0 Å². The van der Waals surface area contributed by atoms with Gasteiger partial charge in [-0.2, -0.15) is 0 Å². The van der Waals surface area contributed by atoms with Crippen LogP contribution in [-0.4, -0.2) is 36.1 Å². The first-order valence-electron chi connectivity index (χ1n) is 6.59. The van der Waals surface area contributed by atoms with Gasteiger partial charge in [-0.05, 0) is 18.8 Å². The van der Waals surface area contributed by atoms with E-state index in [0.29, 0.717) is 30.4 Å². The van der Waals surface area contributed by atoms with Crippen molar-refractivity contribution < 1.29 is 9.53 Å². The molecule has 0 N–H and O–H groups in total. The highest BCUT2D eigenvalue weighted by Crippen LogP contribution is 2.29. The minimum absolute atomic E-state index is 0.318. The molecule has 1 saturated carbocycles. The quantitative estimate of drug-likeness (QED) is 0.721. The number of hydrogen-bond donors (Lipinski definition) is 0. The Kier molecular flexibility index (Phi) is 3.85. The maximum absolute atomic E-state index is 12.1. The zero-order chi connectivity index (χ0) is 11.5. The van der Waals surface area contributed by atoms with E-state index in [0.717, 1.165) is 26.0 Å². The van der Waals surface area contributed by atoms with Crippen LogP contribution in [-0.2, 0) is 9.53 Å². The molecule has 0 spiro atoms. The number of hydrogen-bond acceptors (Lipinski definition) is 2. The monoisotopic (exact) mass is 225 g/mol. The van der Waals surface area contributed by atoms with Gasteiger partial charge in [0.05, 0.1) is 18.8 Å². The highest BCUT2D eigenvalue weighted by Gasteiger charge is 2.36. The Balaban J connectivity index is 1.99. The average Bonchev–Trinajstić information content (AvgIpc) is 2.27. The van der Waals surface area contributed by atoms with Crippen LogP contribution in [0.4, 0.5) is 0 Å². The van der Waals surface area contributed by atoms with E-state index in [2.05, 4.69) is 18.7 Å². The molecule has 1 heterocycles. The van der Waals surface area contributed by atoms with Gasteiger partial charge >= 0.3 is 0 Å². The summed E-state index contributed by atoms with van der Waals surface area (Å²) in [4.78, 5) is 14.2. The molecule has 0 bridgehead atoms. The normalized spacial score (nSPS) is 30.3. The zero-order valence-corrected chi connectivity index (χ0v) is 10.4. The van der Waals surface area contributed by atoms with E-state index in [1.54, 1.807) is 0 Å². The molecule has 2 fully saturated rings. The summed E-state index contributed by atoms with van der Waals surface area (Å²) in [7, 11) is 0. The fourth-order valence-electron chi connectivity index (χ4n) is 2.87. The highest BCUT2D eigenvalue weighted by atomic mass is 16.5. The molecule has 2 atom stereocenters. The number of ether oxygens (including phenoxy) is 1. The maximum Gasteiger partial charge on any atom is 0.223 e. The molecule has 2 rings (SSSR count). The predicted octanol–water partition coefficient (Wildman–Crippen LogP) is 2.20. The van der Waals surface area contributed by atoms with Crippen molar-refractivity contribution in [2.75, 3.05) is 13.2 Å². The molecule has 0 unspecified atom stereocenters. The molecule has 3 nitrogen and oxygen atoms in total. The van der Waals surface area contributed by atoms with E-state index in [4.69, 9.17) is 4.74 Å². The van der Waals surface area contributed by atoms with Gasteiger partial charge in [-0.15, -0.1) is 0 Å². The number of nitrogens with zero attached hydrogens (tertiary/aromatic N) is 1. The molecule has 92 valence electrons. The highest BCUT2D eigenvalue weighted by molar-refractivity contribution is 5.77. The smallest absolute Gasteiger partial charge is 0.223 e. The van der Waals surface area contributed by atoms with E-state index in [1.807, 2.05) is 0 Å². The molecule has 0 aromatic carbocycles. The number of morpholine rings is 1. The molecule has 16 heavy (non-hydrogen) atoms. The van der Waals surface area contributed by atoms with E-state index in [1.165, 1.54) is 12.8 Å². The number of carbonyl (C=O) groups is 1. The van der Waals surface area contributed by atoms with Gasteiger partial charge in [0, 0.05) is 13.0 Å². The van der Waals surface area contributed by atoms with Crippen molar-refractivity contribution in [2.45, 2.75) is 58.1 Å². The largest absolute Gasteiger partial charge is 0.374 e. The number of rotatable bonds is 2. The molecule has 1 aliphatic heterocycles. The van der Waals surface area contributed by atoms with Crippen LogP contribution in [0.1, 0.15) is 46.0 Å². The van der Waals surface area contributed by atoms with Crippen molar-refractivity contribution in [2.24, 2.45) is 5.92 Å². The lowest BCUT2D eigenvalue weighted by atomic mass is 9.89. The Morgan fingerprint density at radius 1 is 1.38 bits per heavy atom. The first kappa shape index (κ1) is 11.9. The molecular formula is C13H23NO2. The SMILES string of the molecule is CC(C)CC(=O)N1CCO[C@@H]2CCCC[C@@H]21. The van der Waals surface area contributed by atoms with Gasteiger partial charge in [-0.25, -0.2) is 0 Å². The van der Waals surface area contributed by atoms with Crippen molar-refractivity contribution in [1.29, 1.82) is 0 Å². The summed E-state index contributed by atoms with van der Waals surface area (Å²) in [6, 6.07) is 0.369. The van der Waals surface area contributed by atoms with Crippen LogP contribution in [0.5, 0.6) is 0 Å². The van der Waals surface area contributed by atoms with Gasteiger partial charge in [0.2, 0.25) is 5.91 Å². The van der Waals surface area contributed by atoms with Gasteiger partial charge in [0.25, 0.3) is 0 Å². The Bertz CT molecular complexity index is 250. The predicted molar refractivity (Wildman–Crippen MR) is 63.2 cm³/mol. The molecule has 3 heteroatoms. The Hall–Kier alpha value is -0.570. The van der Waals surface area contributed by atoms with Crippen molar-refractivity contribution in [3.05, 3.63) is 0 Å². The van der Waals surface area contributed by atoms with Gasteiger partial charge in [0.15, 0.2) is 0 Å². The summed E-state index contributed by atoms with van der Waals surface area (Å²) in [6.07, 6.45) is 5.77. The summed E-state index contributed by atoms with van der Waals surface area (Å²) in [5.41, 5.74) is 0. The molecule has 1 amide bonds. The number of amides is 1. The Morgan fingerprint density at radius 2 is 2.12 bits per heavy atom. The first-order chi connectivity index (χ1) is 7.68. The van der Waals surface area contributed by atoms with Gasteiger partial charge in [-0.3, -0.25) is 4.79 Å². The second kappa shape index (κ2) is 5.17. The summed E-state index contributed by atoms with van der Waals surface area (Å²) in [5, 5.41) is 0. The molecule has 1 aliphatic carbocycles. The fraction of sp³-hybridized carbons (Fsp3) is 0.923. The molecule has 1 saturated heterocycles. The number of fused-ring (bicyclic) bond motifs is 1. The minimum atomic E-state index is 0.318. The van der Waals surface area contributed by atoms with Crippen molar-refractivity contribution in [1.82, 2.24) is 4.90 Å². The first-order valence-corrected chi connectivity index (χ1v) is 6.59. The van der Waals surface area contributed by atoms with Gasteiger partial charge in [-0.1, -0.05) is 26.7 Å². The third kappa shape index (κ3) is 2.57. The number of carbonyl (C=O) groups excluding carboxylic acids is 1. The van der Waals surface area contributed by atoms with Crippen molar-refractivity contribution in [3.8, 4) is 0 Å². The summed E-state index contributed by atoms with van der Waals surface area (Å²) < 4.78 is 5.77. The van der Waals surface area contributed by atoms with E-state index in [-0.39, 0.29) is 0 Å². The second-order valence-corrected chi connectivity index (χ2v) is 5.45. The summed E-state index contributed by atoms with van der Waals surface area (Å²) >= 11 is 0. The lowest BCUT2D eigenvalue weighted by Gasteiger charge is -2.44. The van der Waals surface area contributed by atoms with Crippen LogP contribution in [0, 0.1) is 5.92 Å². The van der Waals surface area contributed by atoms with E-state index < -0.39 is 0 Å². The maximum atomic E-state index is 12.1. The summed E-state index contributed by atoms with van der Waals surface area (Å²) in [5.74, 6) is 0.785. The van der Waals surface area contributed by atoms with Crippen LogP contribution in [0.25, 0.3) is 0 Å². The Morgan fingerprint density at radius 3 is 2.88 bits per heavy atom. The van der Waals surface area contributed by atoms with Crippen LogP contribution in [0.3, 0.4) is 0 Å². The van der Waals surface area contributed by atoms with E-state index in [9.17, 15) is 4.79 Å². The van der Waals surface area contributed by atoms with Crippen LogP contribution in [0.15, 0.2) is 0 Å². The van der Waals surface area contributed by atoms with Crippen LogP contribution in [0.2, 0.25) is 0 Å². The molecule has 2 aliphatic rings. The molecule has 0 aromatic rings. The molecule has 0 aromatic heterocycles. The van der Waals surface area contributed by atoms with Gasteiger partial charge in [0.1, 0.15) is 0 Å². The standard InChI is InChI=1S/C13H23NO2/c1-10(2)9-13(15)14-7-8-16-12-6-4-3-5-11(12)14/h10-12H,3-9H2,1-2H3/t11-,12+/m0/s1. The van der Waals surface area contributed by atoms with Crippen LogP contribution < -0.4 is 0 Å². The lowest BCUT2D eigenvalue weighted by molar-refractivity contribution is -0.150. The second-order valence-electron chi connectivity index (χ2n) is 5.45. The zero-order valence-electron chi connectivity index (χ0n) is 10.4. The van der Waals surface area contributed by atoms with Gasteiger partial charge < -0.3 is 9.64 Å². The fourth-order valence-corrected chi connectivity index (χ4v) is 2.87. The molecular weight excluding hydrogens is 202 g/mol. The third-order valence-electron chi connectivity index (χ3n) is 3.64. The third-order valence-corrected chi connectivity index (χ3v) is 3.64. The minimum Gasteiger partial charge on any atom is -0.374 e. The lowest BCUT2D eigenvalue weighted by Crippen LogP contribution is -2.55. The van der Waals surface area contributed by atoms with Crippen molar-refractivity contribution >= 4 is 5.91 Å². The topological polar surface area (TPSA) is 29.5 Å². The molecule has 0 radical (unpaired) electrons.